The van der Waals surface area contributed by atoms with E-state index in [1.807, 2.05) is 12.1 Å². The Balaban J connectivity index is 1.77. The minimum absolute atomic E-state index is 0.0113. The lowest BCUT2D eigenvalue weighted by molar-refractivity contribution is -0.149. The number of rotatable bonds is 5. The molecular formula is C15H22N2O2. The predicted molar refractivity (Wildman–Crippen MR) is 75.0 cm³/mol. The lowest BCUT2D eigenvalue weighted by Gasteiger charge is -2.32. The summed E-state index contributed by atoms with van der Waals surface area (Å²) in [7, 11) is 0. The molecule has 0 amide bonds. The van der Waals surface area contributed by atoms with Crippen molar-refractivity contribution in [3.05, 3.63) is 24.5 Å². The standard InChI is InChI=1S/C15H22N2O2/c1-2-3-12-19-15(18)13-6-10-17(11-7-13)14-4-8-16-9-5-14/h4-5,8-9,13H,2-3,6-7,10-12H2,1H3. The zero-order valence-electron chi connectivity index (χ0n) is 11.5. The first-order valence-corrected chi connectivity index (χ1v) is 7.13. The van der Waals surface area contributed by atoms with Crippen molar-refractivity contribution in [1.82, 2.24) is 4.98 Å². The highest BCUT2D eigenvalue weighted by Gasteiger charge is 2.26. The van der Waals surface area contributed by atoms with Gasteiger partial charge in [0.2, 0.25) is 0 Å². The van der Waals surface area contributed by atoms with E-state index >= 15 is 0 Å². The van der Waals surface area contributed by atoms with Crippen LogP contribution in [0.25, 0.3) is 0 Å². The third kappa shape index (κ3) is 3.94. The molecule has 0 spiro atoms. The molecule has 2 rings (SSSR count). The molecule has 1 saturated heterocycles. The van der Waals surface area contributed by atoms with E-state index in [-0.39, 0.29) is 11.9 Å². The monoisotopic (exact) mass is 262 g/mol. The fourth-order valence-corrected chi connectivity index (χ4v) is 2.36. The number of carbonyl (C=O) groups is 1. The molecule has 1 aromatic heterocycles. The van der Waals surface area contributed by atoms with Crippen LogP contribution < -0.4 is 4.90 Å². The van der Waals surface area contributed by atoms with Crippen LogP contribution in [0.15, 0.2) is 24.5 Å². The number of piperidine rings is 1. The summed E-state index contributed by atoms with van der Waals surface area (Å²) in [5.41, 5.74) is 1.19. The maximum atomic E-state index is 11.9. The number of esters is 1. The van der Waals surface area contributed by atoms with Gasteiger partial charge in [0.25, 0.3) is 0 Å². The van der Waals surface area contributed by atoms with E-state index in [4.69, 9.17) is 4.74 Å². The van der Waals surface area contributed by atoms with Crippen molar-refractivity contribution in [2.24, 2.45) is 5.92 Å². The number of pyridine rings is 1. The van der Waals surface area contributed by atoms with Crippen molar-refractivity contribution in [3.8, 4) is 0 Å². The second-order valence-electron chi connectivity index (χ2n) is 4.99. The molecular weight excluding hydrogens is 240 g/mol. The Morgan fingerprint density at radius 1 is 1.37 bits per heavy atom. The highest BCUT2D eigenvalue weighted by atomic mass is 16.5. The summed E-state index contributed by atoms with van der Waals surface area (Å²) in [5.74, 6) is 0.0674. The lowest BCUT2D eigenvalue weighted by Crippen LogP contribution is -2.37. The van der Waals surface area contributed by atoms with Crippen molar-refractivity contribution in [2.75, 3.05) is 24.6 Å². The first kappa shape index (κ1) is 13.8. The highest BCUT2D eigenvalue weighted by molar-refractivity contribution is 5.72. The first-order chi connectivity index (χ1) is 9.31. The second-order valence-corrected chi connectivity index (χ2v) is 4.99. The summed E-state index contributed by atoms with van der Waals surface area (Å²) in [6.45, 7) is 4.50. The van der Waals surface area contributed by atoms with Crippen molar-refractivity contribution in [3.63, 3.8) is 0 Å². The molecule has 1 aliphatic rings. The smallest absolute Gasteiger partial charge is 0.309 e. The maximum absolute atomic E-state index is 11.9. The molecule has 19 heavy (non-hydrogen) atoms. The van der Waals surface area contributed by atoms with Crippen molar-refractivity contribution in [1.29, 1.82) is 0 Å². The highest BCUT2D eigenvalue weighted by Crippen LogP contribution is 2.23. The number of unbranched alkanes of at least 4 members (excludes halogenated alkanes) is 1. The molecule has 0 aromatic carbocycles. The van der Waals surface area contributed by atoms with Crippen LogP contribution in [0.5, 0.6) is 0 Å². The van der Waals surface area contributed by atoms with Crippen LogP contribution in [-0.4, -0.2) is 30.6 Å². The van der Waals surface area contributed by atoms with Crippen LogP contribution in [0.4, 0.5) is 5.69 Å². The number of ether oxygens (including phenoxy) is 1. The van der Waals surface area contributed by atoms with Crippen LogP contribution in [0.3, 0.4) is 0 Å². The van der Waals surface area contributed by atoms with Gasteiger partial charge < -0.3 is 9.64 Å². The van der Waals surface area contributed by atoms with E-state index in [0.717, 1.165) is 38.8 Å². The average molecular weight is 262 g/mol. The van der Waals surface area contributed by atoms with Crippen molar-refractivity contribution >= 4 is 11.7 Å². The fourth-order valence-electron chi connectivity index (χ4n) is 2.36. The van der Waals surface area contributed by atoms with E-state index in [1.54, 1.807) is 12.4 Å². The Kier molecular flexibility index (Phi) is 5.19. The van der Waals surface area contributed by atoms with Gasteiger partial charge in [-0.2, -0.15) is 0 Å². The molecule has 0 bridgehead atoms. The third-order valence-electron chi connectivity index (χ3n) is 3.60. The Morgan fingerprint density at radius 2 is 2.05 bits per heavy atom. The van der Waals surface area contributed by atoms with Gasteiger partial charge in [-0.15, -0.1) is 0 Å². The van der Waals surface area contributed by atoms with Crippen LogP contribution in [0.1, 0.15) is 32.6 Å². The summed E-state index contributed by atoms with van der Waals surface area (Å²) in [5, 5.41) is 0. The van der Waals surface area contributed by atoms with E-state index in [2.05, 4.69) is 16.8 Å². The number of carbonyl (C=O) groups excluding carboxylic acids is 1. The van der Waals surface area contributed by atoms with Gasteiger partial charge in [-0.25, -0.2) is 0 Å². The van der Waals surface area contributed by atoms with Gasteiger partial charge in [-0.05, 0) is 31.4 Å². The summed E-state index contributed by atoms with van der Waals surface area (Å²) >= 11 is 0. The van der Waals surface area contributed by atoms with E-state index in [0.29, 0.717) is 6.61 Å². The summed E-state index contributed by atoms with van der Waals surface area (Å²) in [4.78, 5) is 18.2. The summed E-state index contributed by atoms with van der Waals surface area (Å²) in [6, 6.07) is 4.03. The number of aromatic nitrogens is 1. The molecule has 4 nitrogen and oxygen atoms in total. The Morgan fingerprint density at radius 3 is 2.68 bits per heavy atom. The number of anilines is 1. The molecule has 1 fully saturated rings. The molecule has 0 unspecified atom stereocenters. The molecule has 0 atom stereocenters. The lowest BCUT2D eigenvalue weighted by atomic mass is 9.96. The van der Waals surface area contributed by atoms with Crippen LogP contribution >= 0.6 is 0 Å². The Labute approximate surface area is 114 Å². The third-order valence-corrected chi connectivity index (χ3v) is 3.60. The van der Waals surface area contributed by atoms with E-state index < -0.39 is 0 Å². The van der Waals surface area contributed by atoms with E-state index in [9.17, 15) is 4.79 Å². The van der Waals surface area contributed by atoms with Crippen molar-refractivity contribution in [2.45, 2.75) is 32.6 Å². The largest absolute Gasteiger partial charge is 0.465 e. The van der Waals surface area contributed by atoms with E-state index in [1.165, 1.54) is 5.69 Å². The van der Waals surface area contributed by atoms with Crippen LogP contribution in [0.2, 0.25) is 0 Å². The number of hydrogen-bond acceptors (Lipinski definition) is 4. The van der Waals surface area contributed by atoms with Gasteiger partial charge >= 0.3 is 5.97 Å². The minimum atomic E-state index is -0.0113. The quantitative estimate of drug-likeness (QED) is 0.604. The molecule has 2 heterocycles. The summed E-state index contributed by atoms with van der Waals surface area (Å²) < 4.78 is 5.30. The summed E-state index contributed by atoms with van der Waals surface area (Å²) in [6.07, 6.45) is 7.40. The zero-order chi connectivity index (χ0) is 13.5. The molecule has 4 heteroatoms. The van der Waals surface area contributed by atoms with Gasteiger partial charge in [0.05, 0.1) is 12.5 Å². The predicted octanol–water partition coefficient (Wildman–Crippen LogP) is 2.64. The van der Waals surface area contributed by atoms with Crippen molar-refractivity contribution < 1.29 is 9.53 Å². The molecule has 0 saturated carbocycles. The minimum Gasteiger partial charge on any atom is -0.465 e. The molecule has 1 aromatic rings. The molecule has 0 radical (unpaired) electrons. The topological polar surface area (TPSA) is 42.4 Å². The van der Waals surface area contributed by atoms with Gasteiger partial charge in [0.15, 0.2) is 0 Å². The second kappa shape index (κ2) is 7.12. The molecule has 0 aliphatic carbocycles. The first-order valence-electron chi connectivity index (χ1n) is 7.13. The zero-order valence-corrected chi connectivity index (χ0v) is 11.5. The molecule has 1 aliphatic heterocycles. The fraction of sp³-hybridized carbons (Fsp3) is 0.600. The number of nitrogens with zero attached hydrogens (tertiary/aromatic N) is 2. The average Bonchev–Trinajstić information content (AvgIpc) is 2.48. The van der Waals surface area contributed by atoms with Crippen LogP contribution in [0, 0.1) is 5.92 Å². The number of hydrogen-bond donors (Lipinski definition) is 0. The SMILES string of the molecule is CCCCOC(=O)C1CCN(c2ccncc2)CC1. The maximum Gasteiger partial charge on any atom is 0.309 e. The molecule has 0 N–H and O–H groups in total. The van der Waals surface area contributed by atoms with Gasteiger partial charge in [-0.3, -0.25) is 9.78 Å². The normalized spacial score (nSPS) is 16.4. The Bertz CT molecular complexity index is 386. The van der Waals surface area contributed by atoms with Gasteiger partial charge in [0.1, 0.15) is 0 Å². The van der Waals surface area contributed by atoms with Crippen LogP contribution in [-0.2, 0) is 9.53 Å². The van der Waals surface area contributed by atoms with Gasteiger partial charge in [-0.1, -0.05) is 13.3 Å². The van der Waals surface area contributed by atoms with Gasteiger partial charge in [0, 0.05) is 31.2 Å². The molecule has 104 valence electrons. The Hall–Kier alpha value is -1.58.